The van der Waals surface area contributed by atoms with Crippen molar-refractivity contribution in [2.45, 2.75) is 0 Å². The van der Waals surface area contributed by atoms with Gasteiger partial charge in [-0.15, -0.1) is 10.2 Å². The molecule has 4 aromatic rings. The first-order valence-corrected chi connectivity index (χ1v) is 10.2. The normalized spacial score (nSPS) is 10.6. The highest BCUT2D eigenvalue weighted by atomic mass is 16.5. The van der Waals surface area contributed by atoms with Crippen LogP contribution in [0.1, 0.15) is 26.3 Å². The summed E-state index contributed by atoms with van der Waals surface area (Å²) in [7, 11) is 0. The van der Waals surface area contributed by atoms with Gasteiger partial charge in [0.25, 0.3) is 5.91 Å². The number of amides is 2. The number of nitrogens with one attached hydrogen (secondary N) is 2. The van der Waals surface area contributed by atoms with Gasteiger partial charge in [0.15, 0.2) is 0 Å². The number of aromatic nitrogens is 3. The van der Waals surface area contributed by atoms with Crippen molar-refractivity contribution in [3.63, 3.8) is 0 Å². The van der Waals surface area contributed by atoms with Crippen molar-refractivity contribution in [2.24, 2.45) is 0 Å². The molecule has 0 bridgehead atoms. The summed E-state index contributed by atoms with van der Waals surface area (Å²) in [6.07, 6.45) is 5.57. The van der Waals surface area contributed by atoms with Crippen LogP contribution >= 0.6 is 0 Å². The van der Waals surface area contributed by atoms with Crippen LogP contribution in [0.3, 0.4) is 0 Å². The summed E-state index contributed by atoms with van der Waals surface area (Å²) in [5.41, 5.74) is 4.35. The maximum atomic E-state index is 12.5. The van der Waals surface area contributed by atoms with E-state index in [4.69, 9.17) is 4.74 Å². The van der Waals surface area contributed by atoms with Crippen molar-refractivity contribution in [1.29, 1.82) is 0 Å². The molecule has 0 fully saturated rings. The number of rotatable bonds is 7. The SMILES string of the molecule is O=C(/C=C/c1ccccc1OC(=O)c1ccccc1)Nc1cccc(C(=O)Nn2cnnc2)c1. The molecule has 168 valence electrons. The van der Waals surface area contributed by atoms with Gasteiger partial charge in [-0.05, 0) is 42.5 Å². The van der Waals surface area contributed by atoms with Gasteiger partial charge in [-0.25, -0.2) is 9.47 Å². The Labute approximate surface area is 194 Å². The van der Waals surface area contributed by atoms with Crippen LogP contribution in [0.4, 0.5) is 5.69 Å². The topological polar surface area (TPSA) is 115 Å². The number of benzene rings is 3. The molecule has 0 saturated heterocycles. The minimum atomic E-state index is -0.493. The molecule has 0 spiro atoms. The fraction of sp³-hybridized carbons (Fsp3) is 0. The van der Waals surface area contributed by atoms with Crippen molar-refractivity contribution < 1.29 is 19.1 Å². The molecule has 2 amide bonds. The quantitative estimate of drug-likeness (QED) is 0.251. The second-order valence-corrected chi connectivity index (χ2v) is 7.01. The number of hydrogen-bond acceptors (Lipinski definition) is 6. The number of para-hydroxylation sites is 1. The van der Waals surface area contributed by atoms with Gasteiger partial charge in [-0.3, -0.25) is 15.0 Å². The Morgan fingerprint density at radius 1 is 0.824 bits per heavy atom. The lowest BCUT2D eigenvalue weighted by molar-refractivity contribution is -0.111. The third-order valence-electron chi connectivity index (χ3n) is 4.59. The first kappa shape index (κ1) is 22.2. The average Bonchev–Trinajstić information content (AvgIpc) is 3.37. The van der Waals surface area contributed by atoms with E-state index >= 15 is 0 Å². The molecule has 0 unspecified atom stereocenters. The fourth-order valence-corrected chi connectivity index (χ4v) is 2.97. The summed E-state index contributed by atoms with van der Waals surface area (Å²) in [5, 5.41) is 9.94. The average molecular weight is 453 g/mol. The standard InChI is InChI=1S/C25H19N5O4/c31-23(28-21-11-6-10-20(15-21)24(32)29-30-16-26-27-17-30)14-13-18-7-4-5-12-22(18)34-25(33)19-8-2-1-3-9-19/h1-17H,(H,28,31)(H,29,32)/b14-13+. The molecule has 0 radical (unpaired) electrons. The van der Waals surface area contributed by atoms with E-state index in [1.807, 2.05) is 6.07 Å². The van der Waals surface area contributed by atoms with Crippen LogP contribution in [0.2, 0.25) is 0 Å². The molecule has 9 nitrogen and oxygen atoms in total. The number of hydrogen-bond donors (Lipinski definition) is 2. The molecule has 3 aromatic carbocycles. The van der Waals surface area contributed by atoms with Crippen molar-refractivity contribution >= 4 is 29.5 Å². The molecule has 0 aliphatic heterocycles. The van der Waals surface area contributed by atoms with Gasteiger partial charge < -0.3 is 10.1 Å². The highest BCUT2D eigenvalue weighted by Crippen LogP contribution is 2.21. The number of ether oxygens (including phenoxy) is 1. The summed E-state index contributed by atoms with van der Waals surface area (Å²) < 4.78 is 6.81. The van der Waals surface area contributed by atoms with Crippen molar-refractivity contribution in [1.82, 2.24) is 14.9 Å². The fourth-order valence-electron chi connectivity index (χ4n) is 2.97. The van der Waals surface area contributed by atoms with Gasteiger partial charge in [0.1, 0.15) is 18.4 Å². The summed E-state index contributed by atoms with van der Waals surface area (Å²) in [4.78, 5) is 37.2. The molecular weight excluding hydrogens is 434 g/mol. The minimum absolute atomic E-state index is 0.327. The van der Waals surface area contributed by atoms with E-state index in [0.717, 1.165) is 0 Å². The Bertz CT molecular complexity index is 1330. The van der Waals surface area contributed by atoms with Crippen LogP contribution in [0.15, 0.2) is 97.6 Å². The van der Waals surface area contributed by atoms with Crippen LogP contribution in [-0.2, 0) is 4.79 Å². The Morgan fingerprint density at radius 3 is 2.32 bits per heavy atom. The lowest BCUT2D eigenvalue weighted by atomic mass is 10.1. The summed E-state index contributed by atoms with van der Waals surface area (Å²) >= 11 is 0. The highest BCUT2D eigenvalue weighted by Gasteiger charge is 2.11. The summed E-state index contributed by atoms with van der Waals surface area (Å²) in [6.45, 7) is 0. The Kier molecular flexibility index (Phi) is 6.85. The van der Waals surface area contributed by atoms with Gasteiger partial charge >= 0.3 is 5.97 Å². The number of carbonyl (C=O) groups is 3. The predicted molar refractivity (Wildman–Crippen MR) is 126 cm³/mol. The second kappa shape index (κ2) is 10.5. The molecule has 9 heteroatoms. The molecule has 0 atom stereocenters. The summed E-state index contributed by atoms with van der Waals surface area (Å²) in [5.74, 6) is -0.971. The van der Waals surface area contributed by atoms with E-state index in [1.165, 1.54) is 23.4 Å². The van der Waals surface area contributed by atoms with Gasteiger partial charge in [0.2, 0.25) is 5.91 Å². The maximum Gasteiger partial charge on any atom is 0.343 e. The van der Waals surface area contributed by atoms with Gasteiger partial charge in [-0.1, -0.05) is 42.5 Å². The van der Waals surface area contributed by atoms with Crippen LogP contribution in [0.5, 0.6) is 5.75 Å². The molecule has 0 saturated carbocycles. The van der Waals surface area contributed by atoms with E-state index in [0.29, 0.717) is 28.1 Å². The van der Waals surface area contributed by atoms with E-state index in [9.17, 15) is 14.4 Å². The maximum absolute atomic E-state index is 12.5. The number of anilines is 1. The largest absolute Gasteiger partial charge is 0.422 e. The van der Waals surface area contributed by atoms with Gasteiger partial charge in [-0.2, -0.15) is 0 Å². The third-order valence-corrected chi connectivity index (χ3v) is 4.59. The van der Waals surface area contributed by atoms with Crippen LogP contribution < -0.4 is 15.5 Å². The molecule has 4 rings (SSSR count). The molecule has 1 heterocycles. The Morgan fingerprint density at radius 2 is 1.53 bits per heavy atom. The zero-order valence-corrected chi connectivity index (χ0v) is 17.8. The number of carbonyl (C=O) groups excluding carboxylic acids is 3. The lowest BCUT2D eigenvalue weighted by Crippen LogP contribution is -2.21. The molecular formula is C25H19N5O4. The first-order chi connectivity index (χ1) is 16.6. The first-order valence-electron chi connectivity index (χ1n) is 10.2. The van der Waals surface area contributed by atoms with Gasteiger partial charge in [0, 0.05) is 22.9 Å². The van der Waals surface area contributed by atoms with Crippen molar-refractivity contribution in [3.8, 4) is 5.75 Å². The van der Waals surface area contributed by atoms with Gasteiger partial charge in [0.05, 0.1) is 5.56 Å². The van der Waals surface area contributed by atoms with Crippen LogP contribution in [-0.4, -0.2) is 32.7 Å². The number of nitrogens with zero attached hydrogens (tertiary/aromatic N) is 3. The molecule has 0 aliphatic rings. The molecule has 1 aromatic heterocycles. The van der Waals surface area contributed by atoms with E-state index in [1.54, 1.807) is 78.9 Å². The zero-order chi connectivity index (χ0) is 23.8. The van der Waals surface area contributed by atoms with E-state index in [2.05, 4.69) is 20.9 Å². The van der Waals surface area contributed by atoms with Crippen molar-refractivity contribution in [3.05, 3.63) is 114 Å². The zero-order valence-electron chi connectivity index (χ0n) is 17.8. The molecule has 34 heavy (non-hydrogen) atoms. The van der Waals surface area contributed by atoms with E-state index in [-0.39, 0.29) is 5.91 Å². The Balaban J connectivity index is 1.41. The van der Waals surface area contributed by atoms with Crippen LogP contribution in [0, 0.1) is 0 Å². The predicted octanol–water partition coefficient (Wildman–Crippen LogP) is 3.53. The second-order valence-electron chi connectivity index (χ2n) is 7.01. The monoisotopic (exact) mass is 453 g/mol. The minimum Gasteiger partial charge on any atom is -0.422 e. The number of esters is 1. The summed E-state index contributed by atoms with van der Waals surface area (Å²) in [6, 6.07) is 22.0. The smallest absolute Gasteiger partial charge is 0.343 e. The molecule has 0 aliphatic carbocycles. The van der Waals surface area contributed by atoms with Crippen LogP contribution in [0.25, 0.3) is 6.08 Å². The Hall–Kier alpha value is -5.05. The lowest BCUT2D eigenvalue weighted by Gasteiger charge is -2.08. The highest BCUT2D eigenvalue weighted by molar-refractivity contribution is 6.04. The van der Waals surface area contributed by atoms with E-state index < -0.39 is 11.9 Å². The molecule has 2 N–H and O–H groups in total. The van der Waals surface area contributed by atoms with Crippen molar-refractivity contribution in [2.75, 3.05) is 10.7 Å². The third kappa shape index (κ3) is 5.80.